The molecule has 2 heterocycles. The van der Waals surface area contributed by atoms with Crippen molar-refractivity contribution in [3.63, 3.8) is 0 Å². The van der Waals surface area contributed by atoms with Crippen LogP contribution in [0, 0.1) is 5.92 Å². The van der Waals surface area contributed by atoms with Gasteiger partial charge in [-0.25, -0.2) is 4.68 Å². The van der Waals surface area contributed by atoms with Crippen LogP contribution in [0.1, 0.15) is 76.1 Å². The third-order valence-corrected chi connectivity index (χ3v) is 8.54. The lowest BCUT2D eigenvalue weighted by Gasteiger charge is -2.31. The topological polar surface area (TPSA) is 164 Å². The molecule has 1 aliphatic heterocycles. The molecule has 1 aromatic heterocycles. The van der Waals surface area contributed by atoms with Crippen LogP contribution in [0.25, 0.3) is 0 Å². The Morgan fingerprint density at radius 1 is 1.05 bits per heavy atom. The van der Waals surface area contributed by atoms with Gasteiger partial charge in [-0.2, -0.15) is 0 Å². The number of carbonyl (C=O) groups excluding carboxylic acids is 4. The zero-order valence-electron chi connectivity index (χ0n) is 25.0. The smallest absolute Gasteiger partial charge is 0.246 e. The Bertz CT molecular complexity index is 1240. The van der Waals surface area contributed by atoms with E-state index in [1.165, 1.54) is 17.7 Å². The summed E-state index contributed by atoms with van der Waals surface area (Å²) in [5.74, 6) is -1.66. The SMILES string of the molecule is CN[C@@H](C)C(=O)N[C@H](C(=O)N1C[C@@H](n2cc(C3CCCC3)nn2)C[C@H]1C(=O)N[C@@H](Cc1ccccc1)C(N)=O)C(C)C. The van der Waals surface area contributed by atoms with Crippen LogP contribution in [0.4, 0.5) is 0 Å². The van der Waals surface area contributed by atoms with Crippen LogP contribution in [0.2, 0.25) is 0 Å². The van der Waals surface area contributed by atoms with Crippen molar-refractivity contribution in [3.05, 3.63) is 47.8 Å². The zero-order chi connectivity index (χ0) is 30.4. The number of hydrogen-bond acceptors (Lipinski definition) is 7. The lowest BCUT2D eigenvalue weighted by atomic mass is 10.0. The summed E-state index contributed by atoms with van der Waals surface area (Å²) in [5, 5.41) is 17.3. The second-order valence-electron chi connectivity index (χ2n) is 11.9. The standard InChI is InChI=1S/C30H44N8O4/c1-18(2)26(34-28(40)19(3)32-4)30(42)37-16-22(38-17-24(35-36-38)21-12-8-9-13-21)15-25(37)29(41)33-23(27(31)39)14-20-10-6-5-7-11-20/h5-7,10-11,17-19,21-23,25-26,32H,8-9,12-16H2,1-4H3,(H2,31,39)(H,33,41)(H,34,40)/t19-,22-,23-,25-,26-/m0/s1. The van der Waals surface area contributed by atoms with Crippen LogP contribution < -0.4 is 21.7 Å². The number of likely N-dealkylation sites (tertiary alicyclic amines) is 1. The molecule has 2 aromatic rings. The summed E-state index contributed by atoms with van der Waals surface area (Å²) in [7, 11) is 1.67. The van der Waals surface area contributed by atoms with E-state index in [2.05, 4.69) is 26.3 Å². The largest absolute Gasteiger partial charge is 0.368 e. The highest BCUT2D eigenvalue weighted by atomic mass is 16.2. The van der Waals surface area contributed by atoms with Crippen molar-refractivity contribution in [2.75, 3.05) is 13.6 Å². The highest BCUT2D eigenvalue weighted by Crippen LogP contribution is 2.34. The Balaban J connectivity index is 1.58. The van der Waals surface area contributed by atoms with Crippen LogP contribution in [-0.2, 0) is 25.6 Å². The molecular formula is C30H44N8O4. The molecule has 1 aromatic carbocycles. The van der Waals surface area contributed by atoms with Gasteiger partial charge in [0, 0.05) is 31.5 Å². The summed E-state index contributed by atoms with van der Waals surface area (Å²) in [5.41, 5.74) is 7.46. The number of primary amides is 1. The molecule has 5 N–H and O–H groups in total. The van der Waals surface area contributed by atoms with Gasteiger partial charge >= 0.3 is 0 Å². The number of rotatable bonds is 12. The van der Waals surface area contributed by atoms with Crippen molar-refractivity contribution in [2.24, 2.45) is 11.7 Å². The molecule has 0 radical (unpaired) electrons. The fourth-order valence-electron chi connectivity index (χ4n) is 5.82. The van der Waals surface area contributed by atoms with Crippen LogP contribution >= 0.6 is 0 Å². The molecule has 0 unspecified atom stereocenters. The first-order chi connectivity index (χ1) is 20.1. The number of likely N-dealkylation sites (N-methyl/N-ethyl adjacent to an activating group) is 1. The minimum Gasteiger partial charge on any atom is -0.368 e. The van der Waals surface area contributed by atoms with Crippen molar-refractivity contribution >= 4 is 23.6 Å². The van der Waals surface area contributed by atoms with Crippen molar-refractivity contribution in [1.29, 1.82) is 0 Å². The Hall–Kier alpha value is -3.80. The summed E-state index contributed by atoms with van der Waals surface area (Å²) in [6.45, 7) is 5.63. The second-order valence-corrected chi connectivity index (χ2v) is 11.9. The maximum atomic E-state index is 14.0. The first kappa shape index (κ1) is 31.1. The fourth-order valence-corrected chi connectivity index (χ4v) is 5.82. The third kappa shape index (κ3) is 7.33. The molecule has 2 fully saturated rings. The molecule has 0 spiro atoms. The van der Waals surface area contributed by atoms with E-state index in [9.17, 15) is 19.2 Å². The molecule has 12 heteroatoms. The monoisotopic (exact) mass is 580 g/mol. The average Bonchev–Trinajstić information content (AvgIpc) is 3.75. The minimum absolute atomic E-state index is 0.213. The van der Waals surface area contributed by atoms with Gasteiger partial charge in [-0.15, -0.1) is 5.10 Å². The second kappa shape index (κ2) is 13.9. The molecule has 0 bridgehead atoms. The van der Waals surface area contributed by atoms with Crippen LogP contribution in [0.3, 0.4) is 0 Å². The molecule has 42 heavy (non-hydrogen) atoms. The first-order valence-electron chi connectivity index (χ1n) is 14.9. The first-order valence-corrected chi connectivity index (χ1v) is 14.9. The Labute approximate surface area is 247 Å². The molecule has 4 amide bonds. The van der Waals surface area contributed by atoms with Gasteiger partial charge in [-0.1, -0.05) is 62.2 Å². The Kier molecular flexibility index (Phi) is 10.3. The van der Waals surface area contributed by atoms with E-state index >= 15 is 0 Å². The number of hydrogen-bond donors (Lipinski definition) is 4. The summed E-state index contributed by atoms with van der Waals surface area (Å²) in [4.78, 5) is 54.4. The Morgan fingerprint density at radius 2 is 1.74 bits per heavy atom. The molecule has 1 aliphatic carbocycles. The lowest BCUT2D eigenvalue weighted by molar-refractivity contribution is -0.143. The molecule has 2 aliphatic rings. The summed E-state index contributed by atoms with van der Waals surface area (Å²) in [6.07, 6.45) is 6.95. The summed E-state index contributed by atoms with van der Waals surface area (Å²) in [6, 6.07) is 5.81. The van der Waals surface area contributed by atoms with Gasteiger partial charge in [0.25, 0.3) is 0 Å². The maximum absolute atomic E-state index is 14.0. The zero-order valence-corrected chi connectivity index (χ0v) is 25.0. The quantitative estimate of drug-likeness (QED) is 0.291. The van der Waals surface area contributed by atoms with Gasteiger partial charge in [0.2, 0.25) is 23.6 Å². The van der Waals surface area contributed by atoms with Crippen LogP contribution in [-0.4, -0.2) is 81.3 Å². The molecule has 12 nitrogen and oxygen atoms in total. The fraction of sp³-hybridized carbons (Fsp3) is 0.600. The van der Waals surface area contributed by atoms with Crippen molar-refractivity contribution in [1.82, 2.24) is 35.8 Å². The normalized spacial score (nSPS) is 21.2. The number of amides is 4. The molecule has 228 valence electrons. The predicted octanol–water partition coefficient (Wildman–Crippen LogP) is 1.04. The van der Waals surface area contributed by atoms with Crippen molar-refractivity contribution in [2.45, 2.75) is 95.4 Å². The van der Waals surface area contributed by atoms with E-state index in [4.69, 9.17) is 5.73 Å². The van der Waals surface area contributed by atoms with E-state index in [0.29, 0.717) is 5.92 Å². The number of nitrogens with two attached hydrogens (primary N) is 1. The van der Waals surface area contributed by atoms with Gasteiger partial charge < -0.3 is 26.6 Å². The van der Waals surface area contributed by atoms with Gasteiger partial charge in [-0.3, -0.25) is 19.2 Å². The Morgan fingerprint density at radius 3 is 2.36 bits per heavy atom. The van der Waals surface area contributed by atoms with Gasteiger partial charge in [-0.05, 0) is 38.3 Å². The third-order valence-electron chi connectivity index (χ3n) is 8.54. The van der Waals surface area contributed by atoms with Crippen LogP contribution in [0.5, 0.6) is 0 Å². The highest BCUT2D eigenvalue weighted by molar-refractivity contribution is 5.95. The highest BCUT2D eigenvalue weighted by Gasteiger charge is 2.44. The van der Waals surface area contributed by atoms with Gasteiger partial charge in [0.15, 0.2) is 0 Å². The molecule has 1 saturated heterocycles. The van der Waals surface area contributed by atoms with Crippen molar-refractivity contribution in [3.8, 4) is 0 Å². The molecular weight excluding hydrogens is 536 g/mol. The van der Waals surface area contributed by atoms with E-state index in [0.717, 1.165) is 24.1 Å². The van der Waals surface area contributed by atoms with Gasteiger partial charge in [0.05, 0.1) is 17.8 Å². The van der Waals surface area contributed by atoms with E-state index < -0.39 is 36.0 Å². The minimum atomic E-state index is -0.951. The van der Waals surface area contributed by atoms with E-state index in [1.54, 1.807) is 18.7 Å². The van der Waals surface area contributed by atoms with E-state index in [1.807, 2.05) is 50.4 Å². The average molecular weight is 581 g/mol. The number of carbonyl (C=O) groups is 4. The maximum Gasteiger partial charge on any atom is 0.246 e. The number of benzene rings is 1. The molecule has 4 rings (SSSR count). The molecule has 1 saturated carbocycles. The lowest BCUT2D eigenvalue weighted by Crippen LogP contribution is -2.58. The molecule has 5 atom stereocenters. The van der Waals surface area contributed by atoms with Crippen LogP contribution in [0.15, 0.2) is 36.5 Å². The number of nitrogens with one attached hydrogen (secondary N) is 3. The predicted molar refractivity (Wildman–Crippen MR) is 157 cm³/mol. The summed E-state index contributed by atoms with van der Waals surface area (Å²) < 4.78 is 1.75. The number of nitrogens with zero attached hydrogens (tertiary/aromatic N) is 4. The van der Waals surface area contributed by atoms with Gasteiger partial charge in [0.1, 0.15) is 18.1 Å². The number of aromatic nitrogens is 3. The summed E-state index contributed by atoms with van der Waals surface area (Å²) >= 11 is 0. The van der Waals surface area contributed by atoms with Crippen molar-refractivity contribution < 1.29 is 19.2 Å². The van der Waals surface area contributed by atoms with E-state index in [-0.39, 0.29) is 43.2 Å².